The van der Waals surface area contributed by atoms with Gasteiger partial charge < -0.3 is 24.4 Å². The van der Waals surface area contributed by atoms with E-state index < -0.39 is 63.1 Å². The molecule has 17 nitrogen and oxygen atoms in total. The standard InChI is InChI=1S/C38H40N6O11S/c1-22-32-31(23(2)45)36(47)42(32)33(37(48)54-20-25-4-8-27(9-5-25)43(50)51)34(22)56-29-18-30(35(46)40(3)17-14-24-12-15-39-16-13-24)41(19-29)38(49)55-21-26-6-10-28(11-7-26)44(52)53/h4-13,15-16,22-23,29-32,45H,14,17-21H2,1-3H3/t22-,23?,29+,30+,31-,32-/m1/s1. The molecule has 3 aromatic rings. The molecular formula is C38H40N6O11S. The van der Waals surface area contributed by atoms with E-state index in [1.165, 1.54) is 77.0 Å². The SMILES string of the molecule is CC(O)[C@H]1C(=O)N2C(C(=O)OCc3ccc([N+](=O)[O-])cc3)=C(S[C@H]3C[C@@H](C(=O)N(C)CCc4ccncc4)N(C(=O)OCc4ccc([N+](=O)[O-])cc4)C3)[C@H](C)[C@H]12. The number of aliphatic hydroxyl groups excluding tert-OH is 1. The summed E-state index contributed by atoms with van der Waals surface area (Å²) in [6, 6.07) is 13.3. The number of nitro benzene ring substituents is 2. The van der Waals surface area contributed by atoms with Gasteiger partial charge in [-0.2, -0.15) is 0 Å². The number of esters is 1. The number of nitro groups is 2. The lowest BCUT2D eigenvalue weighted by Gasteiger charge is -2.46. The first-order valence-electron chi connectivity index (χ1n) is 17.9. The smallest absolute Gasteiger partial charge is 0.410 e. The van der Waals surface area contributed by atoms with Gasteiger partial charge in [-0.05, 0) is 72.9 Å². The second kappa shape index (κ2) is 16.9. The van der Waals surface area contributed by atoms with E-state index in [1.807, 2.05) is 19.1 Å². The lowest BCUT2D eigenvalue weighted by molar-refractivity contribution is -0.385. The summed E-state index contributed by atoms with van der Waals surface area (Å²) in [6.45, 7) is 3.35. The number of ether oxygens (including phenoxy) is 2. The van der Waals surface area contributed by atoms with Crippen molar-refractivity contribution in [1.29, 1.82) is 0 Å². The predicted octanol–water partition coefficient (Wildman–Crippen LogP) is 4.22. The van der Waals surface area contributed by atoms with Crippen LogP contribution >= 0.6 is 11.8 Å². The predicted molar refractivity (Wildman–Crippen MR) is 200 cm³/mol. The number of aliphatic hydroxyl groups is 1. The number of β-lactam (4-membered cyclic amide) rings is 1. The number of rotatable bonds is 14. The molecule has 0 saturated carbocycles. The van der Waals surface area contributed by atoms with Gasteiger partial charge in [-0.3, -0.25) is 39.7 Å². The van der Waals surface area contributed by atoms with Crippen molar-refractivity contribution in [1.82, 2.24) is 19.7 Å². The van der Waals surface area contributed by atoms with Crippen molar-refractivity contribution < 1.29 is 43.6 Å². The van der Waals surface area contributed by atoms with Crippen molar-refractivity contribution in [2.75, 3.05) is 20.1 Å². The number of thioether (sulfide) groups is 1. The molecule has 3 aliphatic rings. The van der Waals surface area contributed by atoms with Crippen LogP contribution in [0.2, 0.25) is 0 Å². The molecule has 3 amide bonds. The number of likely N-dealkylation sites (N-methyl/N-ethyl adjacent to an activating group) is 1. The molecule has 294 valence electrons. The van der Waals surface area contributed by atoms with Gasteiger partial charge >= 0.3 is 12.1 Å². The maximum atomic E-state index is 14.0. The minimum absolute atomic E-state index is 0.0212. The van der Waals surface area contributed by atoms with Crippen LogP contribution in [0, 0.1) is 32.1 Å². The number of hydrogen-bond donors (Lipinski definition) is 1. The lowest BCUT2D eigenvalue weighted by Crippen LogP contribution is -2.63. The number of carbonyl (C=O) groups excluding carboxylic acids is 4. The van der Waals surface area contributed by atoms with Crippen molar-refractivity contribution in [3.63, 3.8) is 0 Å². The zero-order valence-corrected chi connectivity index (χ0v) is 31.6. The first kappa shape index (κ1) is 39.8. The third-order valence-electron chi connectivity index (χ3n) is 10.3. The van der Waals surface area contributed by atoms with E-state index in [4.69, 9.17) is 9.47 Å². The number of nitrogens with zero attached hydrogens (tertiary/aromatic N) is 6. The molecule has 0 radical (unpaired) electrons. The average molecular weight is 789 g/mol. The number of aromatic nitrogens is 1. The van der Waals surface area contributed by atoms with Gasteiger partial charge in [0.15, 0.2) is 0 Å². The van der Waals surface area contributed by atoms with Crippen LogP contribution < -0.4 is 0 Å². The minimum Gasteiger partial charge on any atom is -0.456 e. The molecular weight excluding hydrogens is 749 g/mol. The molecule has 2 saturated heterocycles. The minimum atomic E-state index is -0.981. The van der Waals surface area contributed by atoms with Crippen LogP contribution in [-0.2, 0) is 43.5 Å². The van der Waals surface area contributed by atoms with Gasteiger partial charge in [0.2, 0.25) is 11.8 Å². The molecule has 18 heteroatoms. The fraction of sp³-hybridized carbons (Fsp3) is 0.395. The van der Waals surface area contributed by atoms with Gasteiger partial charge in [0.1, 0.15) is 25.0 Å². The van der Waals surface area contributed by atoms with E-state index in [0.717, 1.165) is 5.56 Å². The second-order valence-corrected chi connectivity index (χ2v) is 15.3. The Morgan fingerprint density at radius 1 is 0.946 bits per heavy atom. The van der Waals surface area contributed by atoms with Crippen molar-refractivity contribution >= 4 is 47.0 Å². The van der Waals surface area contributed by atoms with Crippen LogP contribution in [0.1, 0.15) is 37.0 Å². The highest BCUT2D eigenvalue weighted by molar-refractivity contribution is 8.03. The normalized spacial score (nSPS) is 21.9. The molecule has 6 atom stereocenters. The average Bonchev–Trinajstić information content (AvgIpc) is 3.72. The van der Waals surface area contributed by atoms with Crippen LogP contribution in [0.3, 0.4) is 0 Å². The molecule has 0 spiro atoms. The number of likely N-dealkylation sites (tertiary alicyclic amines) is 1. The molecule has 1 aromatic heterocycles. The highest BCUT2D eigenvalue weighted by atomic mass is 32.2. The largest absolute Gasteiger partial charge is 0.456 e. The monoisotopic (exact) mass is 788 g/mol. The summed E-state index contributed by atoms with van der Waals surface area (Å²) in [4.78, 5) is 84.7. The molecule has 6 rings (SSSR count). The van der Waals surface area contributed by atoms with Crippen molar-refractivity contribution in [3.8, 4) is 0 Å². The maximum absolute atomic E-state index is 14.0. The van der Waals surface area contributed by atoms with E-state index in [0.29, 0.717) is 29.0 Å². The Morgan fingerprint density at radius 2 is 1.52 bits per heavy atom. The van der Waals surface area contributed by atoms with E-state index in [-0.39, 0.29) is 49.2 Å². The Morgan fingerprint density at radius 3 is 2.07 bits per heavy atom. The Kier molecular flexibility index (Phi) is 12.0. The lowest BCUT2D eigenvalue weighted by atomic mass is 9.79. The number of fused-ring (bicyclic) bond motifs is 1. The Balaban J connectivity index is 1.23. The number of benzene rings is 2. The van der Waals surface area contributed by atoms with Crippen molar-refractivity contribution in [2.24, 2.45) is 11.8 Å². The van der Waals surface area contributed by atoms with Crippen LogP contribution in [0.25, 0.3) is 0 Å². The first-order valence-corrected chi connectivity index (χ1v) is 18.8. The highest BCUT2D eigenvalue weighted by Gasteiger charge is 2.60. The molecule has 0 aliphatic carbocycles. The van der Waals surface area contributed by atoms with Crippen LogP contribution in [-0.4, -0.2) is 102 Å². The van der Waals surface area contributed by atoms with E-state index in [9.17, 15) is 44.5 Å². The number of hydrogen-bond acceptors (Lipinski definition) is 13. The zero-order valence-electron chi connectivity index (χ0n) is 30.8. The fourth-order valence-electron chi connectivity index (χ4n) is 7.25. The Labute approximate surface area is 325 Å². The highest BCUT2D eigenvalue weighted by Crippen LogP contribution is 2.52. The molecule has 4 heterocycles. The molecule has 0 bridgehead atoms. The summed E-state index contributed by atoms with van der Waals surface area (Å²) in [5, 5.41) is 32.2. The van der Waals surface area contributed by atoms with Gasteiger partial charge in [-0.1, -0.05) is 6.92 Å². The Bertz CT molecular complexity index is 2030. The van der Waals surface area contributed by atoms with Crippen LogP contribution in [0.5, 0.6) is 0 Å². The molecule has 2 aromatic carbocycles. The summed E-state index contributed by atoms with van der Waals surface area (Å²) >= 11 is 1.27. The Hall–Kier alpha value is -5.88. The topological polar surface area (TPSA) is 216 Å². The molecule has 1 N–H and O–H groups in total. The number of pyridine rings is 1. The van der Waals surface area contributed by atoms with Crippen LogP contribution in [0.4, 0.5) is 16.2 Å². The number of non-ortho nitro benzene ring substituents is 2. The number of amides is 3. The molecule has 1 unspecified atom stereocenters. The van der Waals surface area contributed by atoms with Gasteiger partial charge in [-0.15, -0.1) is 11.8 Å². The van der Waals surface area contributed by atoms with Crippen molar-refractivity contribution in [3.05, 3.63) is 121 Å². The second-order valence-electron chi connectivity index (χ2n) is 14.0. The summed E-state index contributed by atoms with van der Waals surface area (Å²) < 4.78 is 11.3. The third kappa shape index (κ3) is 8.35. The summed E-state index contributed by atoms with van der Waals surface area (Å²) in [5.41, 5.74) is 1.76. The summed E-state index contributed by atoms with van der Waals surface area (Å²) in [5.74, 6) is -2.70. The fourth-order valence-corrected chi connectivity index (χ4v) is 8.77. The van der Waals surface area contributed by atoms with Gasteiger partial charge in [0, 0.05) is 72.9 Å². The quantitative estimate of drug-likeness (QED) is 0.105. The summed E-state index contributed by atoms with van der Waals surface area (Å²) in [6.07, 6.45) is 2.32. The van der Waals surface area contributed by atoms with Crippen LogP contribution in [0.15, 0.2) is 83.7 Å². The van der Waals surface area contributed by atoms with Gasteiger partial charge in [0.25, 0.3) is 11.4 Å². The third-order valence-corrected chi connectivity index (χ3v) is 11.8. The van der Waals surface area contributed by atoms with Gasteiger partial charge in [0.05, 0.1) is 27.9 Å². The summed E-state index contributed by atoms with van der Waals surface area (Å²) in [7, 11) is 1.65. The maximum Gasteiger partial charge on any atom is 0.410 e. The van der Waals surface area contributed by atoms with E-state index in [2.05, 4.69) is 4.98 Å². The van der Waals surface area contributed by atoms with E-state index >= 15 is 0 Å². The van der Waals surface area contributed by atoms with Crippen molar-refractivity contribution in [2.45, 2.75) is 63.3 Å². The molecule has 3 aliphatic heterocycles. The molecule has 2 fully saturated rings. The first-order chi connectivity index (χ1) is 26.7. The van der Waals surface area contributed by atoms with E-state index in [1.54, 1.807) is 24.3 Å². The van der Waals surface area contributed by atoms with Gasteiger partial charge in [-0.25, -0.2) is 9.59 Å². The zero-order chi connectivity index (χ0) is 40.3. The number of carbonyl (C=O) groups is 4. The molecule has 56 heavy (non-hydrogen) atoms.